The summed E-state index contributed by atoms with van der Waals surface area (Å²) in [7, 11) is 0. The van der Waals surface area contributed by atoms with Crippen LogP contribution in [0.2, 0.25) is 0 Å². The summed E-state index contributed by atoms with van der Waals surface area (Å²) in [5, 5.41) is 3.79. The Kier molecular flexibility index (Phi) is 3.06. The van der Waals surface area contributed by atoms with Gasteiger partial charge >= 0.3 is 0 Å². The molecule has 0 amide bonds. The summed E-state index contributed by atoms with van der Waals surface area (Å²) in [5.41, 5.74) is 1.80. The van der Waals surface area contributed by atoms with Crippen molar-refractivity contribution in [3.63, 3.8) is 0 Å². The lowest BCUT2D eigenvalue weighted by Gasteiger charge is -2.47. The topological polar surface area (TPSA) is 15.3 Å². The van der Waals surface area contributed by atoms with Crippen LogP contribution in [0.5, 0.6) is 0 Å². The number of nitrogens with one attached hydrogen (secondary N) is 1. The van der Waals surface area contributed by atoms with Crippen LogP contribution in [0.4, 0.5) is 5.69 Å². The normalized spacial score (nSPS) is 23.9. The summed E-state index contributed by atoms with van der Waals surface area (Å²) in [6.07, 6.45) is 6.94. The van der Waals surface area contributed by atoms with E-state index in [0.29, 0.717) is 5.54 Å². The van der Waals surface area contributed by atoms with E-state index in [9.17, 15) is 0 Å². The summed E-state index contributed by atoms with van der Waals surface area (Å²) in [4.78, 5) is 2.56. The zero-order chi connectivity index (χ0) is 11.6. The van der Waals surface area contributed by atoms with Crippen molar-refractivity contribution in [2.24, 2.45) is 0 Å². The average molecular weight is 230 g/mol. The summed E-state index contributed by atoms with van der Waals surface area (Å²) in [5.74, 6) is 0. The van der Waals surface area contributed by atoms with Gasteiger partial charge in [0.2, 0.25) is 0 Å². The van der Waals surface area contributed by atoms with Crippen LogP contribution in [0.1, 0.15) is 32.1 Å². The lowest BCUT2D eigenvalue weighted by molar-refractivity contribution is 0.216. The molecule has 0 atom stereocenters. The Labute approximate surface area is 104 Å². The maximum absolute atomic E-state index is 3.79. The number of benzene rings is 1. The molecule has 1 aromatic rings. The molecule has 0 bridgehead atoms. The van der Waals surface area contributed by atoms with Crippen molar-refractivity contribution in [3.8, 4) is 0 Å². The quantitative estimate of drug-likeness (QED) is 0.798. The molecule has 1 aliphatic carbocycles. The number of piperazine rings is 1. The van der Waals surface area contributed by atoms with Crippen molar-refractivity contribution >= 4 is 5.69 Å². The molecule has 3 rings (SSSR count). The smallest absolute Gasteiger partial charge is 0.0367 e. The first-order valence-electron chi connectivity index (χ1n) is 6.93. The molecular formula is C15H22N2. The second-order valence-electron chi connectivity index (χ2n) is 5.52. The lowest BCUT2D eigenvalue weighted by Crippen LogP contribution is -2.61. The number of nitrogens with zero attached hydrogens (tertiary/aromatic N) is 1. The van der Waals surface area contributed by atoms with Crippen molar-refractivity contribution in [3.05, 3.63) is 30.3 Å². The van der Waals surface area contributed by atoms with Crippen LogP contribution >= 0.6 is 0 Å². The molecule has 0 radical (unpaired) electrons. The molecule has 2 heteroatoms. The summed E-state index contributed by atoms with van der Waals surface area (Å²) < 4.78 is 0. The van der Waals surface area contributed by atoms with E-state index >= 15 is 0 Å². The number of hydrogen-bond donors (Lipinski definition) is 1. The van der Waals surface area contributed by atoms with Gasteiger partial charge < -0.3 is 10.2 Å². The van der Waals surface area contributed by atoms with Gasteiger partial charge in [0.25, 0.3) is 0 Å². The minimum absolute atomic E-state index is 0.409. The molecule has 1 heterocycles. The molecule has 2 aliphatic rings. The molecule has 2 nitrogen and oxygen atoms in total. The zero-order valence-electron chi connectivity index (χ0n) is 10.5. The maximum Gasteiger partial charge on any atom is 0.0367 e. The van der Waals surface area contributed by atoms with Crippen LogP contribution in [0, 0.1) is 0 Å². The first-order valence-corrected chi connectivity index (χ1v) is 6.93. The first-order chi connectivity index (χ1) is 8.38. The minimum atomic E-state index is 0.409. The van der Waals surface area contributed by atoms with Crippen molar-refractivity contribution in [1.29, 1.82) is 0 Å². The van der Waals surface area contributed by atoms with Gasteiger partial charge in [-0.05, 0) is 25.0 Å². The van der Waals surface area contributed by atoms with Gasteiger partial charge in [0.1, 0.15) is 0 Å². The SMILES string of the molecule is c1ccc(N2CCNC3(CCCCC3)C2)cc1. The molecule has 2 fully saturated rings. The van der Waals surface area contributed by atoms with Gasteiger partial charge in [-0.2, -0.15) is 0 Å². The van der Waals surface area contributed by atoms with E-state index in [-0.39, 0.29) is 0 Å². The molecule has 1 saturated heterocycles. The predicted octanol–water partition coefficient (Wildman–Crippen LogP) is 2.80. The van der Waals surface area contributed by atoms with Crippen LogP contribution in [-0.4, -0.2) is 25.2 Å². The van der Waals surface area contributed by atoms with Gasteiger partial charge in [0.15, 0.2) is 0 Å². The molecule has 1 saturated carbocycles. The highest BCUT2D eigenvalue weighted by Gasteiger charge is 2.35. The van der Waals surface area contributed by atoms with Crippen LogP contribution in [0.3, 0.4) is 0 Å². The predicted molar refractivity (Wildman–Crippen MR) is 72.5 cm³/mol. The van der Waals surface area contributed by atoms with Crippen molar-refractivity contribution in [2.75, 3.05) is 24.5 Å². The molecule has 1 aliphatic heterocycles. The van der Waals surface area contributed by atoms with Gasteiger partial charge in [-0.25, -0.2) is 0 Å². The number of rotatable bonds is 1. The largest absolute Gasteiger partial charge is 0.368 e. The highest BCUT2D eigenvalue weighted by molar-refractivity contribution is 5.47. The second kappa shape index (κ2) is 4.69. The lowest BCUT2D eigenvalue weighted by atomic mass is 9.80. The van der Waals surface area contributed by atoms with Crippen LogP contribution in [0.25, 0.3) is 0 Å². The van der Waals surface area contributed by atoms with E-state index in [1.165, 1.54) is 44.3 Å². The average Bonchev–Trinajstić information content (AvgIpc) is 2.41. The van der Waals surface area contributed by atoms with E-state index < -0.39 is 0 Å². The van der Waals surface area contributed by atoms with Gasteiger partial charge in [0.05, 0.1) is 0 Å². The molecular weight excluding hydrogens is 208 g/mol. The molecule has 1 spiro atoms. The fraction of sp³-hybridized carbons (Fsp3) is 0.600. The van der Waals surface area contributed by atoms with Crippen LogP contribution < -0.4 is 10.2 Å². The highest BCUT2D eigenvalue weighted by atomic mass is 15.2. The van der Waals surface area contributed by atoms with Gasteiger partial charge in [-0.1, -0.05) is 37.5 Å². The molecule has 92 valence electrons. The summed E-state index contributed by atoms with van der Waals surface area (Å²) in [6.45, 7) is 3.47. The standard InChI is InChI=1S/C15H22N2/c1-3-7-14(8-4-1)17-12-11-16-15(13-17)9-5-2-6-10-15/h1,3-4,7-8,16H,2,5-6,9-13H2. The van der Waals surface area contributed by atoms with E-state index in [4.69, 9.17) is 0 Å². The maximum atomic E-state index is 3.79. The minimum Gasteiger partial charge on any atom is -0.368 e. The number of hydrogen-bond acceptors (Lipinski definition) is 2. The Morgan fingerprint density at radius 3 is 2.53 bits per heavy atom. The number of anilines is 1. The second-order valence-corrected chi connectivity index (χ2v) is 5.52. The molecule has 0 aromatic heterocycles. The van der Waals surface area contributed by atoms with Gasteiger partial charge in [-0.3, -0.25) is 0 Å². The Bertz CT molecular complexity index is 349. The monoisotopic (exact) mass is 230 g/mol. The van der Waals surface area contributed by atoms with E-state index in [1.807, 2.05) is 0 Å². The third-order valence-corrected chi connectivity index (χ3v) is 4.31. The summed E-state index contributed by atoms with van der Waals surface area (Å²) in [6, 6.07) is 10.9. The first kappa shape index (κ1) is 11.1. The Morgan fingerprint density at radius 1 is 1.00 bits per heavy atom. The summed E-state index contributed by atoms with van der Waals surface area (Å²) >= 11 is 0. The Hall–Kier alpha value is -1.02. The van der Waals surface area contributed by atoms with Gasteiger partial charge in [0, 0.05) is 30.9 Å². The van der Waals surface area contributed by atoms with Gasteiger partial charge in [-0.15, -0.1) is 0 Å². The molecule has 0 unspecified atom stereocenters. The fourth-order valence-corrected chi connectivity index (χ4v) is 3.38. The number of para-hydroxylation sites is 1. The Balaban J connectivity index is 1.75. The van der Waals surface area contributed by atoms with Crippen molar-refractivity contribution in [2.45, 2.75) is 37.6 Å². The third-order valence-electron chi connectivity index (χ3n) is 4.31. The van der Waals surface area contributed by atoms with E-state index in [1.54, 1.807) is 0 Å². The molecule has 1 N–H and O–H groups in total. The van der Waals surface area contributed by atoms with Crippen molar-refractivity contribution in [1.82, 2.24) is 5.32 Å². The third kappa shape index (κ3) is 2.32. The van der Waals surface area contributed by atoms with E-state index in [2.05, 4.69) is 40.5 Å². The van der Waals surface area contributed by atoms with Crippen LogP contribution in [0.15, 0.2) is 30.3 Å². The molecule has 1 aromatic carbocycles. The zero-order valence-corrected chi connectivity index (χ0v) is 10.5. The van der Waals surface area contributed by atoms with Crippen LogP contribution in [-0.2, 0) is 0 Å². The highest BCUT2D eigenvalue weighted by Crippen LogP contribution is 2.32. The van der Waals surface area contributed by atoms with Crippen molar-refractivity contribution < 1.29 is 0 Å². The molecule has 17 heavy (non-hydrogen) atoms. The van der Waals surface area contributed by atoms with E-state index in [0.717, 1.165) is 13.1 Å². The Morgan fingerprint density at radius 2 is 1.76 bits per heavy atom. The fourth-order valence-electron chi connectivity index (χ4n) is 3.38.